The van der Waals surface area contributed by atoms with E-state index in [2.05, 4.69) is 142 Å². The first-order valence-electron chi connectivity index (χ1n) is 29.0. The molecule has 6 heteroatoms. The molecule has 0 unspecified atom stereocenters. The third-order valence-corrected chi connectivity index (χ3v) is 11.9. The van der Waals surface area contributed by atoms with Crippen LogP contribution in [0.25, 0.3) is 0 Å². The van der Waals surface area contributed by atoms with Crippen LogP contribution in [-0.4, -0.2) is 37.2 Å². The number of carbonyl (C=O) groups excluding carboxylic acids is 3. The molecule has 0 aromatic rings. The Morgan fingerprint density at radius 1 is 0.296 bits per heavy atom. The normalized spacial score (nSPS) is 13.0. The standard InChI is InChI=1S/C65H106O6/c1-4-7-10-13-16-19-22-25-28-30-32-34-37-40-43-46-49-52-55-58-64(67)70-61-62(60-69-63(66)57-54-51-48-45-42-39-36-27-24-21-18-15-12-9-6-3)71-65(68)59-56-53-50-47-44-41-38-35-33-31-29-26-23-20-17-14-11-8-5-2/h7,10,16-21,25-29,32,34,36,40,42-43,45,62H,4-6,8-9,11-15,22-24,30-31,33,35,37-39,41,44,46-61H2,1-3H3/b10-7-,19-16-,20-17-,21-18-,28-25-,29-26-,34-32-,36-27-,43-40-,45-42-/t62-/m0/s1. The van der Waals surface area contributed by atoms with Crippen molar-refractivity contribution in [3.05, 3.63) is 122 Å². The van der Waals surface area contributed by atoms with E-state index in [1.807, 2.05) is 0 Å². The summed E-state index contributed by atoms with van der Waals surface area (Å²) in [5.74, 6) is -0.985. The predicted octanol–water partition coefficient (Wildman–Crippen LogP) is 19.6. The van der Waals surface area contributed by atoms with Gasteiger partial charge in [0.15, 0.2) is 6.10 Å². The van der Waals surface area contributed by atoms with Gasteiger partial charge in [-0.25, -0.2) is 0 Å². The average molecular weight is 984 g/mol. The Bertz CT molecular complexity index is 1500. The van der Waals surface area contributed by atoms with E-state index in [0.717, 1.165) is 116 Å². The van der Waals surface area contributed by atoms with Crippen LogP contribution in [0.4, 0.5) is 0 Å². The van der Waals surface area contributed by atoms with Gasteiger partial charge < -0.3 is 14.2 Å². The number of carbonyl (C=O) groups is 3. The molecule has 0 heterocycles. The summed E-state index contributed by atoms with van der Waals surface area (Å²) in [5.41, 5.74) is 0. The molecule has 1 atom stereocenters. The first-order chi connectivity index (χ1) is 35.0. The second-order valence-electron chi connectivity index (χ2n) is 18.8. The van der Waals surface area contributed by atoms with Crippen molar-refractivity contribution >= 4 is 17.9 Å². The molecule has 6 nitrogen and oxygen atoms in total. The molecule has 71 heavy (non-hydrogen) atoms. The summed E-state index contributed by atoms with van der Waals surface area (Å²) in [6, 6.07) is 0. The van der Waals surface area contributed by atoms with E-state index in [0.29, 0.717) is 19.3 Å². The summed E-state index contributed by atoms with van der Waals surface area (Å²) in [4.78, 5) is 38.2. The molecule has 0 aromatic heterocycles. The molecule has 0 saturated carbocycles. The number of hydrogen-bond acceptors (Lipinski definition) is 6. The van der Waals surface area contributed by atoms with Gasteiger partial charge >= 0.3 is 17.9 Å². The van der Waals surface area contributed by atoms with Gasteiger partial charge in [0.2, 0.25) is 0 Å². The smallest absolute Gasteiger partial charge is 0.306 e. The summed E-state index contributed by atoms with van der Waals surface area (Å²) in [6.45, 7) is 6.41. The molecule has 0 bridgehead atoms. The summed E-state index contributed by atoms with van der Waals surface area (Å²) in [5, 5.41) is 0. The summed E-state index contributed by atoms with van der Waals surface area (Å²) >= 11 is 0. The minimum absolute atomic E-state index is 0.112. The predicted molar refractivity (Wildman–Crippen MR) is 306 cm³/mol. The Morgan fingerprint density at radius 3 is 0.901 bits per heavy atom. The molecule has 0 N–H and O–H groups in total. The minimum Gasteiger partial charge on any atom is -0.462 e. The molecule has 0 fully saturated rings. The number of allylic oxidation sites excluding steroid dienone is 20. The monoisotopic (exact) mass is 983 g/mol. The molecule has 0 aliphatic rings. The van der Waals surface area contributed by atoms with Gasteiger partial charge in [-0.15, -0.1) is 0 Å². The Labute approximate surface area is 437 Å². The molecule has 0 saturated heterocycles. The highest BCUT2D eigenvalue weighted by Crippen LogP contribution is 2.14. The van der Waals surface area contributed by atoms with E-state index in [9.17, 15) is 14.4 Å². The van der Waals surface area contributed by atoms with Crippen molar-refractivity contribution in [1.82, 2.24) is 0 Å². The van der Waals surface area contributed by atoms with E-state index in [1.165, 1.54) is 96.3 Å². The zero-order valence-corrected chi connectivity index (χ0v) is 45.9. The van der Waals surface area contributed by atoms with Crippen LogP contribution in [-0.2, 0) is 28.6 Å². The first-order valence-corrected chi connectivity index (χ1v) is 29.0. The fraction of sp³-hybridized carbons (Fsp3) is 0.646. The van der Waals surface area contributed by atoms with Crippen molar-refractivity contribution in [2.75, 3.05) is 13.2 Å². The highest BCUT2D eigenvalue weighted by atomic mass is 16.6. The van der Waals surface area contributed by atoms with E-state index in [4.69, 9.17) is 14.2 Å². The van der Waals surface area contributed by atoms with Crippen LogP contribution in [0.15, 0.2) is 122 Å². The summed E-state index contributed by atoms with van der Waals surface area (Å²) in [6.07, 6.45) is 80.4. The van der Waals surface area contributed by atoms with E-state index >= 15 is 0 Å². The average Bonchev–Trinajstić information content (AvgIpc) is 3.37. The maximum Gasteiger partial charge on any atom is 0.306 e. The van der Waals surface area contributed by atoms with Crippen LogP contribution >= 0.6 is 0 Å². The van der Waals surface area contributed by atoms with Gasteiger partial charge in [0.25, 0.3) is 0 Å². The van der Waals surface area contributed by atoms with Crippen LogP contribution in [0, 0.1) is 0 Å². The quantitative estimate of drug-likeness (QED) is 0.0261. The Hall–Kier alpha value is -4.19. The lowest BCUT2D eigenvalue weighted by molar-refractivity contribution is -0.167. The van der Waals surface area contributed by atoms with E-state index < -0.39 is 6.10 Å². The van der Waals surface area contributed by atoms with Crippen molar-refractivity contribution in [2.24, 2.45) is 0 Å². The molecule has 0 rings (SSSR count). The number of unbranched alkanes of at least 4 members (excludes halogenated alkanes) is 20. The second-order valence-corrected chi connectivity index (χ2v) is 18.8. The number of hydrogen-bond donors (Lipinski definition) is 0. The fourth-order valence-corrected chi connectivity index (χ4v) is 7.56. The van der Waals surface area contributed by atoms with Crippen LogP contribution in [0.5, 0.6) is 0 Å². The molecule has 0 aromatic carbocycles. The van der Waals surface area contributed by atoms with Crippen molar-refractivity contribution in [3.8, 4) is 0 Å². The summed E-state index contributed by atoms with van der Waals surface area (Å²) in [7, 11) is 0. The maximum absolute atomic E-state index is 12.9. The summed E-state index contributed by atoms with van der Waals surface area (Å²) < 4.78 is 16.8. The van der Waals surface area contributed by atoms with Crippen LogP contribution in [0.1, 0.15) is 252 Å². The third-order valence-electron chi connectivity index (χ3n) is 11.9. The molecular formula is C65H106O6. The first kappa shape index (κ1) is 66.8. The van der Waals surface area contributed by atoms with Gasteiger partial charge in [0, 0.05) is 19.3 Å². The zero-order valence-electron chi connectivity index (χ0n) is 45.9. The highest BCUT2D eigenvalue weighted by Gasteiger charge is 2.19. The van der Waals surface area contributed by atoms with E-state index in [1.54, 1.807) is 0 Å². The number of ether oxygens (including phenoxy) is 3. The lowest BCUT2D eigenvalue weighted by atomic mass is 10.1. The number of esters is 3. The van der Waals surface area contributed by atoms with Crippen molar-refractivity contribution in [3.63, 3.8) is 0 Å². The SMILES string of the molecule is CC/C=C\C/C=C\C/C=C\C/C=C\C/C=C\CCCCCC(=O)OC[C@H](COC(=O)CCCC/C=C\C/C=C\C/C=C\CCCCC)OC(=O)CCCCCCCCCCC/C=C\C/C=C\CCCCC. The molecule has 0 amide bonds. The molecule has 0 aliphatic carbocycles. The van der Waals surface area contributed by atoms with E-state index in [-0.39, 0.29) is 31.1 Å². The van der Waals surface area contributed by atoms with Gasteiger partial charge in [-0.3, -0.25) is 14.4 Å². The second kappa shape index (κ2) is 58.4. The molecule has 0 aliphatic heterocycles. The Kier molecular flexibility index (Phi) is 54.9. The molecule has 0 radical (unpaired) electrons. The van der Waals surface area contributed by atoms with Gasteiger partial charge in [-0.05, 0) is 135 Å². The maximum atomic E-state index is 12.9. The topological polar surface area (TPSA) is 78.9 Å². The molecule has 402 valence electrons. The Balaban J connectivity index is 4.52. The molecule has 0 spiro atoms. The highest BCUT2D eigenvalue weighted by molar-refractivity contribution is 5.71. The zero-order chi connectivity index (χ0) is 51.4. The van der Waals surface area contributed by atoms with Crippen LogP contribution < -0.4 is 0 Å². The van der Waals surface area contributed by atoms with Gasteiger partial charge in [-0.1, -0.05) is 219 Å². The van der Waals surface area contributed by atoms with Crippen molar-refractivity contribution in [1.29, 1.82) is 0 Å². The minimum atomic E-state index is -0.814. The van der Waals surface area contributed by atoms with Crippen molar-refractivity contribution < 1.29 is 28.6 Å². The third kappa shape index (κ3) is 56.6. The van der Waals surface area contributed by atoms with Crippen molar-refractivity contribution in [2.45, 2.75) is 258 Å². The lowest BCUT2D eigenvalue weighted by Crippen LogP contribution is -2.30. The Morgan fingerprint density at radius 2 is 0.549 bits per heavy atom. The largest absolute Gasteiger partial charge is 0.462 e. The van der Waals surface area contributed by atoms with Gasteiger partial charge in [0.1, 0.15) is 13.2 Å². The van der Waals surface area contributed by atoms with Crippen LogP contribution in [0.2, 0.25) is 0 Å². The lowest BCUT2D eigenvalue weighted by Gasteiger charge is -2.18. The fourth-order valence-electron chi connectivity index (χ4n) is 7.56. The number of rotatable bonds is 51. The van der Waals surface area contributed by atoms with Crippen LogP contribution in [0.3, 0.4) is 0 Å². The van der Waals surface area contributed by atoms with Gasteiger partial charge in [0.05, 0.1) is 0 Å². The molecular weight excluding hydrogens is 877 g/mol. The van der Waals surface area contributed by atoms with Gasteiger partial charge in [-0.2, -0.15) is 0 Å².